The average Bonchev–Trinajstić information content (AvgIpc) is 3.04. The first-order valence-electron chi connectivity index (χ1n) is 5.67. The van der Waals surface area contributed by atoms with Crippen molar-refractivity contribution in [1.82, 2.24) is 14.4 Å². The average molecular weight is 235 g/mol. The molecule has 86 valence electrons. The lowest BCUT2D eigenvalue weighted by atomic mass is 10.2. The van der Waals surface area contributed by atoms with Crippen molar-refractivity contribution in [2.45, 2.75) is 0 Å². The zero-order chi connectivity index (χ0) is 11.9. The molecule has 3 heterocycles. The maximum Gasteiger partial charge on any atom is 0.181 e. The predicted molar refractivity (Wildman–Crippen MR) is 68.2 cm³/mol. The number of rotatable bonds is 1. The van der Waals surface area contributed by atoms with Gasteiger partial charge in [0.05, 0.1) is 11.7 Å². The van der Waals surface area contributed by atoms with E-state index >= 15 is 0 Å². The molecule has 0 amide bonds. The number of hydrogen-bond donors (Lipinski definition) is 0. The SMILES string of the molecule is c1ccn2c(-c3ccc4ncoc4c3)ncc2c1. The van der Waals surface area contributed by atoms with Crippen LogP contribution >= 0.6 is 0 Å². The van der Waals surface area contributed by atoms with Crippen LogP contribution in [0.1, 0.15) is 0 Å². The van der Waals surface area contributed by atoms with E-state index in [0.29, 0.717) is 0 Å². The van der Waals surface area contributed by atoms with E-state index in [0.717, 1.165) is 28.0 Å². The van der Waals surface area contributed by atoms with Crippen molar-refractivity contribution < 1.29 is 4.42 Å². The van der Waals surface area contributed by atoms with Crippen LogP contribution in [-0.4, -0.2) is 14.4 Å². The summed E-state index contributed by atoms with van der Waals surface area (Å²) in [7, 11) is 0. The number of fused-ring (bicyclic) bond motifs is 2. The van der Waals surface area contributed by atoms with E-state index in [2.05, 4.69) is 14.4 Å². The maximum absolute atomic E-state index is 5.32. The number of hydrogen-bond acceptors (Lipinski definition) is 3. The molecule has 0 N–H and O–H groups in total. The van der Waals surface area contributed by atoms with E-state index in [-0.39, 0.29) is 0 Å². The second-order valence-corrected chi connectivity index (χ2v) is 4.11. The zero-order valence-corrected chi connectivity index (χ0v) is 9.45. The minimum Gasteiger partial charge on any atom is -0.443 e. The Labute approximate surface area is 103 Å². The van der Waals surface area contributed by atoms with Gasteiger partial charge >= 0.3 is 0 Å². The van der Waals surface area contributed by atoms with Crippen molar-refractivity contribution in [3.63, 3.8) is 0 Å². The second-order valence-electron chi connectivity index (χ2n) is 4.11. The van der Waals surface area contributed by atoms with Crippen LogP contribution in [0.15, 0.2) is 59.6 Å². The standard InChI is InChI=1S/C14H9N3O/c1-2-6-17-11(3-1)8-15-14(17)10-4-5-12-13(7-10)18-9-16-12/h1-9H. The van der Waals surface area contributed by atoms with E-state index in [4.69, 9.17) is 4.42 Å². The lowest BCUT2D eigenvalue weighted by Crippen LogP contribution is -1.88. The number of oxazole rings is 1. The van der Waals surface area contributed by atoms with Gasteiger partial charge < -0.3 is 4.42 Å². The Morgan fingerprint density at radius 3 is 3.06 bits per heavy atom. The van der Waals surface area contributed by atoms with Crippen molar-refractivity contribution in [3.8, 4) is 11.4 Å². The maximum atomic E-state index is 5.32. The topological polar surface area (TPSA) is 43.3 Å². The smallest absolute Gasteiger partial charge is 0.181 e. The molecule has 0 aliphatic carbocycles. The number of imidazole rings is 1. The van der Waals surface area contributed by atoms with E-state index in [9.17, 15) is 0 Å². The first kappa shape index (κ1) is 9.41. The third-order valence-corrected chi connectivity index (χ3v) is 3.03. The number of pyridine rings is 1. The normalized spacial score (nSPS) is 11.3. The highest BCUT2D eigenvalue weighted by atomic mass is 16.3. The number of nitrogens with zero attached hydrogens (tertiary/aromatic N) is 3. The molecule has 0 saturated carbocycles. The highest BCUT2D eigenvalue weighted by molar-refractivity contribution is 5.78. The molecule has 0 atom stereocenters. The molecule has 0 aliphatic heterocycles. The Balaban J connectivity index is 2.00. The molecule has 3 aromatic heterocycles. The lowest BCUT2D eigenvalue weighted by Gasteiger charge is -2.00. The van der Waals surface area contributed by atoms with Crippen molar-refractivity contribution in [3.05, 3.63) is 55.2 Å². The van der Waals surface area contributed by atoms with Gasteiger partial charge in [-0.3, -0.25) is 4.40 Å². The van der Waals surface area contributed by atoms with Crippen LogP contribution in [0.2, 0.25) is 0 Å². The lowest BCUT2D eigenvalue weighted by molar-refractivity contribution is 0.602. The van der Waals surface area contributed by atoms with Crippen LogP contribution in [0.3, 0.4) is 0 Å². The summed E-state index contributed by atoms with van der Waals surface area (Å²) in [4.78, 5) is 8.57. The largest absolute Gasteiger partial charge is 0.443 e. The Morgan fingerprint density at radius 1 is 1.06 bits per heavy atom. The van der Waals surface area contributed by atoms with Gasteiger partial charge in [-0.25, -0.2) is 9.97 Å². The summed E-state index contributed by atoms with van der Waals surface area (Å²) >= 11 is 0. The fourth-order valence-corrected chi connectivity index (χ4v) is 2.15. The fraction of sp³-hybridized carbons (Fsp3) is 0. The van der Waals surface area contributed by atoms with Gasteiger partial charge in [0.1, 0.15) is 11.3 Å². The van der Waals surface area contributed by atoms with Crippen LogP contribution in [0.4, 0.5) is 0 Å². The Bertz CT molecular complexity index is 844. The van der Waals surface area contributed by atoms with Gasteiger partial charge in [-0.05, 0) is 30.3 Å². The monoisotopic (exact) mass is 235 g/mol. The Morgan fingerprint density at radius 2 is 2.06 bits per heavy atom. The van der Waals surface area contributed by atoms with Crippen molar-refractivity contribution in [2.24, 2.45) is 0 Å². The van der Waals surface area contributed by atoms with E-state index in [1.165, 1.54) is 6.39 Å². The summed E-state index contributed by atoms with van der Waals surface area (Å²) in [6.07, 6.45) is 5.32. The zero-order valence-electron chi connectivity index (χ0n) is 9.45. The molecule has 1 aromatic carbocycles. The summed E-state index contributed by atoms with van der Waals surface area (Å²) in [5.74, 6) is 0.906. The molecular formula is C14H9N3O. The third kappa shape index (κ3) is 1.26. The molecule has 4 heteroatoms. The summed E-state index contributed by atoms with van der Waals surface area (Å²) in [6, 6.07) is 11.9. The van der Waals surface area contributed by atoms with Crippen LogP contribution < -0.4 is 0 Å². The molecule has 4 rings (SSSR count). The van der Waals surface area contributed by atoms with Gasteiger partial charge in [-0.2, -0.15) is 0 Å². The first-order chi connectivity index (χ1) is 8.92. The minimum atomic E-state index is 0.778. The van der Waals surface area contributed by atoms with Gasteiger partial charge in [0.2, 0.25) is 0 Å². The van der Waals surface area contributed by atoms with E-state index < -0.39 is 0 Å². The summed E-state index contributed by atoms with van der Waals surface area (Å²) in [5.41, 5.74) is 3.73. The van der Waals surface area contributed by atoms with Gasteiger partial charge in [0, 0.05) is 11.8 Å². The molecule has 0 spiro atoms. The number of aromatic nitrogens is 3. The fourth-order valence-electron chi connectivity index (χ4n) is 2.15. The second kappa shape index (κ2) is 3.43. The van der Waals surface area contributed by atoms with Gasteiger partial charge in [0.15, 0.2) is 12.0 Å². The van der Waals surface area contributed by atoms with Gasteiger partial charge in [-0.1, -0.05) is 6.07 Å². The molecule has 4 nitrogen and oxygen atoms in total. The molecule has 18 heavy (non-hydrogen) atoms. The van der Waals surface area contributed by atoms with Crippen molar-refractivity contribution in [2.75, 3.05) is 0 Å². The molecule has 0 radical (unpaired) electrons. The van der Waals surface area contributed by atoms with E-state index in [1.54, 1.807) is 0 Å². The van der Waals surface area contributed by atoms with Crippen LogP contribution in [-0.2, 0) is 0 Å². The highest BCUT2D eigenvalue weighted by Gasteiger charge is 2.07. The third-order valence-electron chi connectivity index (χ3n) is 3.03. The van der Waals surface area contributed by atoms with Crippen molar-refractivity contribution in [1.29, 1.82) is 0 Å². The van der Waals surface area contributed by atoms with Gasteiger partial charge in [0.25, 0.3) is 0 Å². The first-order valence-corrected chi connectivity index (χ1v) is 5.67. The molecule has 0 aliphatic rings. The van der Waals surface area contributed by atoms with Crippen LogP contribution in [0, 0.1) is 0 Å². The van der Waals surface area contributed by atoms with Crippen molar-refractivity contribution >= 4 is 16.6 Å². The highest BCUT2D eigenvalue weighted by Crippen LogP contribution is 2.23. The quantitative estimate of drug-likeness (QED) is 0.509. The molecular weight excluding hydrogens is 226 g/mol. The molecule has 0 saturated heterocycles. The molecule has 0 fully saturated rings. The summed E-state index contributed by atoms with van der Waals surface area (Å²) in [5, 5.41) is 0. The molecule has 0 bridgehead atoms. The molecule has 0 unspecified atom stereocenters. The Kier molecular flexibility index (Phi) is 1.80. The van der Waals surface area contributed by atoms with Crippen LogP contribution in [0.25, 0.3) is 28.0 Å². The molecule has 4 aromatic rings. The van der Waals surface area contributed by atoms with Crippen LogP contribution in [0.5, 0.6) is 0 Å². The van der Waals surface area contributed by atoms with Gasteiger partial charge in [-0.15, -0.1) is 0 Å². The van der Waals surface area contributed by atoms with E-state index in [1.807, 2.05) is 48.8 Å². The number of benzene rings is 1. The summed E-state index contributed by atoms with van der Waals surface area (Å²) < 4.78 is 7.37. The minimum absolute atomic E-state index is 0.778. The summed E-state index contributed by atoms with van der Waals surface area (Å²) in [6.45, 7) is 0. The predicted octanol–water partition coefficient (Wildman–Crippen LogP) is 3.14. The Hall–Kier alpha value is -2.62.